The fraction of sp³-hybridized carbons (Fsp3) is 0.773. The van der Waals surface area contributed by atoms with E-state index in [4.69, 9.17) is 9.16 Å². The molecule has 164 valence electrons. The second-order valence-corrected chi connectivity index (χ2v) is 14.8. The van der Waals surface area contributed by atoms with Crippen LogP contribution in [-0.2, 0) is 14.0 Å². The van der Waals surface area contributed by atoms with Crippen molar-refractivity contribution in [2.75, 3.05) is 6.61 Å². The van der Waals surface area contributed by atoms with Gasteiger partial charge in [-0.2, -0.15) is 0 Å². The van der Waals surface area contributed by atoms with Crippen molar-refractivity contribution in [2.45, 2.75) is 92.2 Å². The molecule has 1 N–H and O–H groups in total. The summed E-state index contributed by atoms with van der Waals surface area (Å²) in [6.45, 7) is 20.2. The number of carbonyl (C=O) groups excluding carboxylic acids is 1. The van der Waals surface area contributed by atoms with Gasteiger partial charge in [-0.25, -0.2) is 4.39 Å². The summed E-state index contributed by atoms with van der Waals surface area (Å²) in [4.78, 5) is 11.6. The normalized spacial score (nSPS) is 17.5. The smallest absolute Gasteiger partial charge is 0.311 e. The highest BCUT2D eigenvalue weighted by Crippen LogP contribution is 2.38. The van der Waals surface area contributed by atoms with E-state index in [-0.39, 0.29) is 29.6 Å². The van der Waals surface area contributed by atoms with Crippen LogP contribution in [0.4, 0.5) is 4.39 Å². The minimum absolute atomic E-state index is 0.0853. The van der Waals surface area contributed by atoms with Crippen molar-refractivity contribution in [1.29, 1.82) is 0 Å². The summed E-state index contributed by atoms with van der Waals surface area (Å²) in [7, 11) is -1.93. The molecule has 0 aliphatic rings. The Morgan fingerprint density at radius 3 is 2.14 bits per heavy atom. The maximum absolute atomic E-state index is 14.3. The number of hydrogen-bond donors (Lipinski definition) is 1. The van der Waals surface area contributed by atoms with Gasteiger partial charge in [-0.3, -0.25) is 4.79 Å². The molecule has 0 unspecified atom stereocenters. The van der Waals surface area contributed by atoms with Crippen LogP contribution in [0.5, 0.6) is 0 Å². The van der Waals surface area contributed by atoms with Crippen LogP contribution in [-0.4, -0.2) is 38.2 Å². The summed E-state index contributed by atoms with van der Waals surface area (Å²) in [5, 5.41) is 10.1. The molecule has 0 aromatic heterocycles. The minimum atomic E-state index is -1.93. The Kier molecular flexibility index (Phi) is 10.3. The molecule has 0 radical (unpaired) electrons. The van der Waals surface area contributed by atoms with E-state index in [2.05, 4.69) is 33.9 Å². The Morgan fingerprint density at radius 2 is 1.68 bits per heavy atom. The third-order valence-corrected chi connectivity index (χ3v) is 9.75. The minimum Gasteiger partial charge on any atom is -0.465 e. The molecule has 0 aliphatic carbocycles. The van der Waals surface area contributed by atoms with Gasteiger partial charge in [0.25, 0.3) is 0 Å². The number of carbonyl (C=O) groups is 1. The van der Waals surface area contributed by atoms with Crippen molar-refractivity contribution in [1.82, 2.24) is 0 Å². The summed E-state index contributed by atoms with van der Waals surface area (Å²) in [6.07, 6.45) is 3.40. The van der Waals surface area contributed by atoms with Crippen molar-refractivity contribution < 1.29 is 23.5 Å². The van der Waals surface area contributed by atoms with Crippen molar-refractivity contribution in [3.63, 3.8) is 0 Å². The van der Waals surface area contributed by atoms with Gasteiger partial charge in [0.2, 0.25) is 0 Å². The number of ether oxygens (including phenoxy) is 1. The largest absolute Gasteiger partial charge is 0.465 e. The summed E-state index contributed by atoms with van der Waals surface area (Å²) in [5.74, 6) is -1.04. The molecule has 0 fully saturated rings. The second-order valence-electron chi connectivity index (χ2n) is 10.0. The molecule has 0 amide bonds. The van der Waals surface area contributed by atoms with E-state index in [1.165, 1.54) is 12.2 Å². The maximum Gasteiger partial charge on any atom is 0.311 e. The molecule has 0 aromatic carbocycles. The summed E-state index contributed by atoms with van der Waals surface area (Å²) in [5.41, 5.74) is -0.544. The van der Waals surface area contributed by atoms with Gasteiger partial charge in [-0.1, -0.05) is 39.8 Å². The lowest BCUT2D eigenvalue weighted by Gasteiger charge is -2.39. The lowest BCUT2D eigenvalue weighted by atomic mass is 9.97. The Bertz CT molecular complexity index is 556. The first-order valence-corrected chi connectivity index (χ1v) is 13.0. The maximum atomic E-state index is 14.3. The number of hydrogen-bond acceptors (Lipinski definition) is 4. The zero-order chi connectivity index (χ0) is 22.3. The van der Waals surface area contributed by atoms with E-state index in [0.717, 1.165) is 0 Å². The van der Waals surface area contributed by atoms with Gasteiger partial charge in [0.15, 0.2) is 8.32 Å². The molecule has 0 bridgehead atoms. The van der Waals surface area contributed by atoms with Gasteiger partial charge < -0.3 is 14.3 Å². The monoisotopic (exact) mass is 416 g/mol. The molecular weight excluding hydrogens is 375 g/mol. The predicted octanol–water partition coefficient (Wildman–Crippen LogP) is 5.78. The average Bonchev–Trinajstić information content (AvgIpc) is 2.51. The molecule has 0 aromatic rings. The molecule has 0 rings (SSSR count). The molecule has 28 heavy (non-hydrogen) atoms. The Labute approximate surface area is 172 Å². The van der Waals surface area contributed by atoms with Crippen LogP contribution >= 0.6 is 0 Å². The first-order chi connectivity index (χ1) is 12.5. The van der Waals surface area contributed by atoms with E-state index in [1.807, 2.05) is 13.8 Å². The van der Waals surface area contributed by atoms with Crippen LogP contribution in [0.25, 0.3) is 0 Å². The second kappa shape index (κ2) is 10.7. The van der Waals surface area contributed by atoms with Gasteiger partial charge in [-0.05, 0) is 58.3 Å². The fourth-order valence-electron chi connectivity index (χ4n) is 1.99. The standard InChI is InChI=1S/C22H41FO4Si/c1-16(17(2)27-28(9,10)22(6,7)8)15-18(23)19(24)13-11-12-14-26-20(25)21(3,4)5/h11,13,15-17,19,24H,12,14H2,1-10H3/t16-,17+,19+/m1/s1. The van der Waals surface area contributed by atoms with Gasteiger partial charge >= 0.3 is 5.97 Å². The number of aliphatic hydroxyl groups excluding tert-OH is 1. The Hall–Kier alpha value is -0.983. The van der Waals surface area contributed by atoms with E-state index < -0.39 is 25.7 Å². The Balaban J connectivity index is 4.62. The quantitative estimate of drug-likeness (QED) is 0.224. The molecular formula is C22H41FO4Si. The molecule has 6 heteroatoms. The van der Waals surface area contributed by atoms with Gasteiger partial charge in [0.05, 0.1) is 12.0 Å². The van der Waals surface area contributed by atoms with Crippen molar-refractivity contribution in [2.24, 2.45) is 11.3 Å². The topological polar surface area (TPSA) is 55.8 Å². The van der Waals surface area contributed by atoms with Crippen molar-refractivity contribution in [3.8, 4) is 0 Å². The van der Waals surface area contributed by atoms with Crippen LogP contribution in [0.1, 0.15) is 61.8 Å². The molecule has 4 nitrogen and oxygen atoms in total. The molecule has 3 atom stereocenters. The number of rotatable bonds is 9. The molecule has 0 aliphatic heterocycles. The number of esters is 1. The van der Waals surface area contributed by atoms with Crippen molar-refractivity contribution in [3.05, 3.63) is 24.1 Å². The van der Waals surface area contributed by atoms with Crippen LogP contribution < -0.4 is 0 Å². The van der Waals surface area contributed by atoms with E-state index in [1.54, 1.807) is 26.8 Å². The third-order valence-electron chi connectivity index (χ3n) is 5.18. The van der Waals surface area contributed by atoms with Gasteiger partial charge in [-0.15, -0.1) is 0 Å². The molecule has 0 saturated carbocycles. The first-order valence-electron chi connectivity index (χ1n) is 10.1. The zero-order valence-electron chi connectivity index (χ0n) is 19.4. The first kappa shape index (κ1) is 27.0. The highest BCUT2D eigenvalue weighted by molar-refractivity contribution is 6.74. The van der Waals surface area contributed by atoms with Gasteiger partial charge in [0.1, 0.15) is 11.9 Å². The fourth-order valence-corrected chi connectivity index (χ4v) is 3.48. The predicted molar refractivity (Wildman–Crippen MR) is 116 cm³/mol. The molecule has 0 spiro atoms. The highest BCUT2D eigenvalue weighted by atomic mass is 28.4. The lowest BCUT2D eigenvalue weighted by Crippen LogP contribution is -2.44. The van der Waals surface area contributed by atoms with Crippen molar-refractivity contribution >= 4 is 14.3 Å². The van der Waals surface area contributed by atoms with Crippen LogP contribution in [0.2, 0.25) is 18.1 Å². The average molecular weight is 417 g/mol. The molecule has 0 saturated heterocycles. The lowest BCUT2D eigenvalue weighted by molar-refractivity contribution is -0.152. The zero-order valence-corrected chi connectivity index (χ0v) is 20.4. The van der Waals surface area contributed by atoms with E-state index >= 15 is 0 Å². The highest BCUT2D eigenvalue weighted by Gasteiger charge is 2.39. The van der Waals surface area contributed by atoms with Gasteiger partial charge in [0, 0.05) is 12.0 Å². The van der Waals surface area contributed by atoms with Crippen LogP contribution in [0.3, 0.4) is 0 Å². The van der Waals surface area contributed by atoms with Crippen LogP contribution in [0.15, 0.2) is 24.1 Å². The summed E-state index contributed by atoms with van der Waals surface area (Å²) in [6, 6.07) is 0. The summed E-state index contributed by atoms with van der Waals surface area (Å²) < 4.78 is 25.7. The summed E-state index contributed by atoms with van der Waals surface area (Å²) >= 11 is 0. The third kappa shape index (κ3) is 9.48. The molecule has 0 heterocycles. The van der Waals surface area contributed by atoms with E-state index in [9.17, 15) is 14.3 Å². The Morgan fingerprint density at radius 1 is 1.14 bits per heavy atom. The van der Waals surface area contributed by atoms with Crippen LogP contribution in [0, 0.1) is 11.3 Å². The van der Waals surface area contributed by atoms with E-state index in [0.29, 0.717) is 6.42 Å². The SMILES string of the molecule is C[C@H](C=C(F)[C@@H](O)C=CCCOC(=O)C(C)(C)C)[C@H](C)O[Si](C)(C)C(C)(C)C. The number of aliphatic hydroxyl groups is 1. The number of halogens is 1.